The van der Waals surface area contributed by atoms with Gasteiger partial charge in [-0.2, -0.15) is 0 Å². The highest BCUT2D eigenvalue weighted by Gasteiger charge is 2.12. The molecule has 0 saturated carbocycles. The van der Waals surface area contributed by atoms with Gasteiger partial charge in [0.15, 0.2) is 11.0 Å². The van der Waals surface area contributed by atoms with Gasteiger partial charge >= 0.3 is 0 Å². The van der Waals surface area contributed by atoms with E-state index >= 15 is 0 Å². The molecule has 0 atom stereocenters. The zero-order valence-corrected chi connectivity index (χ0v) is 18.3. The topological polar surface area (TPSA) is 52.8 Å². The molecule has 4 rings (SSSR count). The van der Waals surface area contributed by atoms with Crippen molar-refractivity contribution >= 4 is 23.1 Å². The van der Waals surface area contributed by atoms with Crippen molar-refractivity contribution < 1.29 is 4.74 Å². The molecule has 2 heterocycles. The lowest BCUT2D eigenvalue weighted by Crippen LogP contribution is -2.04. The molecule has 0 unspecified atom stereocenters. The maximum Gasteiger partial charge on any atom is 0.191 e. The predicted molar refractivity (Wildman–Crippen MR) is 118 cm³/mol. The number of rotatable bonds is 7. The number of hydrogen-bond donors (Lipinski definition) is 0. The highest BCUT2D eigenvalue weighted by Crippen LogP contribution is 2.27. The van der Waals surface area contributed by atoms with Crippen molar-refractivity contribution in [2.45, 2.75) is 31.4 Å². The van der Waals surface area contributed by atoms with E-state index in [1.54, 1.807) is 23.1 Å². The van der Waals surface area contributed by atoms with Crippen LogP contribution in [-0.4, -0.2) is 19.7 Å². The van der Waals surface area contributed by atoms with Gasteiger partial charge in [0.25, 0.3) is 0 Å². The summed E-state index contributed by atoms with van der Waals surface area (Å²) in [7, 11) is 1.97. The van der Waals surface area contributed by atoms with Crippen molar-refractivity contribution in [2.24, 2.45) is 7.05 Å². The summed E-state index contributed by atoms with van der Waals surface area (Å²) in [4.78, 5) is 4.74. The summed E-state index contributed by atoms with van der Waals surface area (Å²) in [5.74, 6) is 2.42. The van der Waals surface area contributed by atoms with Crippen LogP contribution >= 0.6 is 23.1 Å². The first-order chi connectivity index (χ1) is 14.1. The van der Waals surface area contributed by atoms with Gasteiger partial charge in [-0.1, -0.05) is 48.2 Å². The third-order valence-electron chi connectivity index (χ3n) is 4.41. The molecule has 5 nitrogen and oxygen atoms in total. The van der Waals surface area contributed by atoms with Crippen molar-refractivity contribution in [3.8, 4) is 16.3 Å². The first kappa shape index (κ1) is 19.7. The third kappa shape index (κ3) is 4.86. The molecular weight excluding hydrogens is 400 g/mol. The number of hydrogen-bond acceptors (Lipinski definition) is 6. The molecule has 2 aromatic carbocycles. The van der Waals surface area contributed by atoms with Crippen LogP contribution in [0, 0.1) is 13.8 Å². The standard InChI is InChI=1S/C22H22N4OS2/c1-15-9-16(2)11-19(10-15)27-12-20-24-25-22(26(20)3)29-14-18-13-28-21(23-18)17-7-5-4-6-8-17/h4-11,13H,12,14H2,1-3H3. The first-order valence-electron chi connectivity index (χ1n) is 9.30. The second-order valence-electron chi connectivity index (χ2n) is 6.87. The van der Waals surface area contributed by atoms with Gasteiger partial charge in [-0.3, -0.25) is 0 Å². The Balaban J connectivity index is 1.37. The Hall–Kier alpha value is -2.64. The smallest absolute Gasteiger partial charge is 0.191 e. The van der Waals surface area contributed by atoms with E-state index in [2.05, 4.69) is 47.6 Å². The molecule has 0 radical (unpaired) electrons. The van der Waals surface area contributed by atoms with Crippen LogP contribution in [0.15, 0.2) is 59.1 Å². The van der Waals surface area contributed by atoms with E-state index in [-0.39, 0.29) is 0 Å². The van der Waals surface area contributed by atoms with Crippen LogP contribution < -0.4 is 4.74 Å². The van der Waals surface area contributed by atoms with Crippen LogP contribution in [-0.2, 0) is 19.4 Å². The van der Waals surface area contributed by atoms with E-state index in [1.807, 2.05) is 41.9 Å². The Morgan fingerprint density at radius 2 is 1.79 bits per heavy atom. The van der Waals surface area contributed by atoms with Crippen LogP contribution in [0.25, 0.3) is 10.6 Å². The quantitative estimate of drug-likeness (QED) is 0.372. The lowest BCUT2D eigenvalue weighted by Gasteiger charge is -2.08. The molecule has 0 amide bonds. The molecule has 0 spiro atoms. The van der Waals surface area contributed by atoms with Gasteiger partial charge in [0.2, 0.25) is 0 Å². The summed E-state index contributed by atoms with van der Waals surface area (Å²) < 4.78 is 7.90. The van der Waals surface area contributed by atoms with Gasteiger partial charge in [0.1, 0.15) is 17.4 Å². The van der Waals surface area contributed by atoms with Gasteiger partial charge in [-0.05, 0) is 37.1 Å². The van der Waals surface area contributed by atoms with Crippen molar-refractivity contribution in [3.63, 3.8) is 0 Å². The first-order valence-corrected chi connectivity index (χ1v) is 11.2. The summed E-state index contributed by atoms with van der Waals surface area (Å²) in [6.45, 7) is 4.53. The Morgan fingerprint density at radius 3 is 2.55 bits per heavy atom. The van der Waals surface area contributed by atoms with Crippen LogP contribution in [0.4, 0.5) is 0 Å². The number of aromatic nitrogens is 4. The molecule has 0 aliphatic carbocycles. The molecule has 148 valence electrons. The molecule has 0 fully saturated rings. The lowest BCUT2D eigenvalue weighted by molar-refractivity contribution is 0.290. The maximum absolute atomic E-state index is 5.92. The number of ether oxygens (including phenoxy) is 1. The Labute approximate surface area is 178 Å². The molecule has 4 aromatic rings. The van der Waals surface area contributed by atoms with Gasteiger partial charge < -0.3 is 9.30 Å². The van der Waals surface area contributed by atoms with Crippen molar-refractivity contribution in [1.82, 2.24) is 19.7 Å². The fourth-order valence-electron chi connectivity index (χ4n) is 2.99. The number of aryl methyl sites for hydroxylation is 2. The molecular formula is C22H22N4OS2. The zero-order valence-electron chi connectivity index (χ0n) is 16.6. The largest absolute Gasteiger partial charge is 0.486 e. The van der Waals surface area contributed by atoms with Crippen molar-refractivity contribution in [1.29, 1.82) is 0 Å². The number of nitrogens with zero attached hydrogens (tertiary/aromatic N) is 4. The minimum Gasteiger partial charge on any atom is -0.486 e. The summed E-state index contributed by atoms with van der Waals surface area (Å²) in [6, 6.07) is 16.5. The maximum atomic E-state index is 5.92. The SMILES string of the molecule is Cc1cc(C)cc(OCc2nnc(SCc3csc(-c4ccccc4)n3)n2C)c1. The van der Waals surface area contributed by atoms with Gasteiger partial charge in [-0.25, -0.2) is 4.98 Å². The predicted octanol–water partition coefficient (Wildman–Crippen LogP) is 5.43. The summed E-state index contributed by atoms with van der Waals surface area (Å²) >= 11 is 3.30. The minimum absolute atomic E-state index is 0.391. The third-order valence-corrected chi connectivity index (χ3v) is 6.40. The fourth-order valence-corrected chi connectivity index (χ4v) is 4.74. The summed E-state index contributed by atoms with van der Waals surface area (Å²) in [6.07, 6.45) is 0. The molecule has 0 aliphatic rings. The van der Waals surface area contributed by atoms with E-state index < -0.39 is 0 Å². The van der Waals surface area contributed by atoms with Gasteiger partial charge in [0.05, 0.1) is 5.69 Å². The molecule has 0 aliphatic heterocycles. The molecule has 2 aromatic heterocycles. The average molecular weight is 423 g/mol. The fraction of sp³-hybridized carbons (Fsp3) is 0.227. The minimum atomic E-state index is 0.391. The number of thioether (sulfide) groups is 1. The van der Waals surface area contributed by atoms with Crippen LogP contribution in [0.1, 0.15) is 22.6 Å². The molecule has 0 saturated heterocycles. The highest BCUT2D eigenvalue weighted by atomic mass is 32.2. The van der Waals surface area contributed by atoms with Crippen LogP contribution in [0.3, 0.4) is 0 Å². The number of benzene rings is 2. The van der Waals surface area contributed by atoms with E-state index in [9.17, 15) is 0 Å². The second kappa shape index (κ2) is 8.80. The van der Waals surface area contributed by atoms with Crippen molar-refractivity contribution in [2.75, 3.05) is 0 Å². The van der Waals surface area contributed by atoms with Gasteiger partial charge in [0, 0.05) is 23.7 Å². The Kier molecular flexibility index (Phi) is 5.97. The van der Waals surface area contributed by atoms with Crippen LogP contribution in [0.5, 0.6) is 5.75 Å². The molecule has 0 bridgehead atoms. The lowest BCUT2D eigenvalue weighted by atomic mass is 10.1. The number of thiazole rings is 1. The summed E-state index contributed by atoms with van der Waals surface area (Å²) in [5.41, 5.74) is 4.58. The highest BCUT2D eigenvalue weighted by molar-refractivity contribution is 7.98. The second-order valence-corrected chi connectivity index (χ2v) is 8.67. The van der Waals surface area contributed by atoms with Crippen LogP contribution in [0.2, 0.25) is 0 Å². The van der Waals surface area contributed by atoms with Gasteiger partial charge in [-0.15, -0.1) is 21.5 Å². The van der Waals surface area contributed by atoms with E-state index in [1.165, 1.54) is 11.1 Å². The Bertz CT molecular complexity index is 1080. The van der Waals surface area contributed by atoms with E-state index in [4.69, 9.17) is 9.72 Å². The van der Waals surface area contributed by atoms with Crippen molar-refractivity contribution in [3.05, 3.63) is 76.6 Å². The summed E-state index contributed by atoms with van der Waals surface area (Å²) in [5, 5.41) is 12.6. The molecule has 7 heteroatoms. The Morgan fingerprint density at radius 1 is 1.03 bits per heavy atom. The monoisotopic (exact) mass is 422 g/mol. The molecule has 29 heavy (non-hydrogen) atoms. The average Bonchev–Trinajstić information content (AvgIpc) is 3.32. The van der Waals surface area contributed by atoms with E-state index in [0.717, 1.165) is 38.7 Å². The zero-order chi connectivity index (χ0) is 20.2. The molecule has 0 N–H and O–H groups in total. The van der Waals surface area contributed by atoms with E-state index in [0.29, 0.717) is 6.61 Å². The normalized spacial score (nSPS) is 11.0.